The fourth-order valence-corrected chi connectivity index (χ4v) is 7.91. The van der Waals surface area contributed by atoms with Gasteiger partial charge in [0.05, 0.1) is 49.1 Å². The molecule has 0 radical (unpaired) electrons. The molecule has 5 unspecified atom stereocenters. The molecule has 1 fully saturated rings. The molecule has 1 aliphatic heterocycles. The molecule has 13 heteroatoms. The molecule has 13 nitrogen and oxygen atoms in total. The van der Waals surface area contributed by atoms with Crippen molar-refractivity contribution in [1.29, 1.82) is 0 Å². The van der Waals surface area contributed by atoms with E-state index < -0.39 is 47.1 Å². The Hall–Kier alpha value is -5.82. The number of urea groups is 1. The molecule has 2 aromatic heterocycles. The SMILES string of the molecule is COC(=O)NCC(C)(C)CC(=O)NC(Cc1ccc(-c2ccccn2)cc1)CC(O)C(Cc1ccccc1)NC(=O)C(C1CNC(=O)N1Cc1cccc(C)n1)C(C)(C)C. The molecule has 0 saturated carbocycles. The van der Waals surface area contributed by atoms with Gasteiger partial charge in [0.15, 0.2) is 0 Å². The monoisotopic (exact) mass is 819 g/mol. The van der Waals surface area contributed by atoms with Crippen molar-refractivity contribution in [2.45, 2.75) is 98.0 Å². The maximum absolute atomic E-state index is 14.7. The van der Waals surface area contributed by atoms with Gasteiger partial charge < -0.3 is 36.0 Å². The van der Waals surface area contributed by atoms with Crippen LogP contribution in [0.15, 0.2) is 97.2 Å². The smallest absolute Gasteiger partial charge is 0.406 e. The minimum absolute atomic E-state index is 0.0996. The van der Waals surface area contributed by atoms with E-state index in [1.807, 2.05) is 133 Å². The number of pyridine rings is 2. The number of ether oxygens (including phenoxy) is 1. The lowest BCUT2D eigenvalue weighted by atomic mass is 9.75. The van der Waals surface area contributed by atoms with Gasteiger partial charge in [-0.3, -0.25) is 19.6 Å². The van der Waals surface area contributed by atoms with Crippen molar-refractivity contribution in [3.8, 4) is 11.3 Å². The van der Waals surface area contributed by atoms with E-state index in [0.717, 1.165) is 33.8 Å². The van der Waals surface area contributed by atoms with Crippen molar-refractivity contribution in [1.82, 2.24) is 36.1 Å². The van der Waals surface area contributed by atoms with Gasteiger partial charge in [-0.25, -0.2) is 9.59 Å². The first-order chi connectivity index (χ1) is 28.5. The summed E-state index contributed by atoms with van der Waals surface area (Å²) in [6, 6.07) is 27.0. The number of alkyl carbamates (subject to hydrolysis) is 1. The highest BCUT2D eigenvalue weighted by atomic mass is 16.5. The van der Waals surface area contributed by atoms with E-state index >= 15 is 0 Å². The van der Waals surface area contributed by atoms with E-state index in [9.17, 15) is 24.3 Å². The predicted octanol–water partition coefficient (Wildman–Crippen LogP) is 5.99. The van der Waals surface area contributed by atoms with Gasteiger partial charge in [0.2, 0.25) is 11.8 Å². The number of hydrogen-bond acceptors (Lipinski definition) is 8. The van der Waals surface area contributed by atoms with E-state index in [-0.39, 0.29) is 50.3 Å². The molecule has 5 atom stereocenters. The van der Waals surface area contributed by atoms with E-state index in [2.05, 4.69) is 31.2 Å². The van der Waals surface area contributed by atoms with Gasteiger partial charge in [-0.1, -0.05) is 101 Å². The summed E-state index contributed by atoms with van der Waals surface area (Å²) in [6.45, 7) is 12.4. The lowest BCUT2D eigenvalue weighted by Crippen LogP contribution is -2.56. The predicted molar refractivity (Wildman–Crippen MR) is 231 cm³/mol. The van der Waals surface area contributed by atoms with E-state index in [0.29, 0.717) is 12.8 Å². The van der Waals surface area contributed by atoms with Crippen molar-refractivity contribution in [3.63, 3.8) is 0 Å². The molecular weight excluding hydrogens is 759 g/mol. The first kappa shape index (κ1) is 45.3. The molecule has 0 spiro atoms. The summed E-state index contributed by atoms with van der Waals surface area (Å²) in [5.41, 5.74) is 4.04. The van der Waals surface area contributed by atoms with Gasteiger partial charge in [-0.15, -0.1) is 0 Å². The van der Waals surface area contributed by atoms with Gasteiger partial charge >= 0.3 is 12.1 Å². The van der Waals surface area contributed by atoms with Crippen LogP contribution in [0.3, 0.4) is 0 Å². The maximum atomic E-state index is 14.7. The Morgan fingerprint density at radius 3 is 2.25 bits per heavy atom. The van der Waals surface area contributed by atoms with Crippen molar-refractivity contribution in [2.75, 3.05) is 20.2 Å². The van der Waals surface area contributed by atoms with Crippen LogP contribution in [0.1, 0.15) is 70.0 Å². The standard InChI is InChI=1S/C47H61N7O6/c1-31-14-13-17-35(51-31)29-54-39(28-49-44(54)58)42(46(2,3)4)43(57)53-38(25-32-15-9-8-10-16-32)40(55)26-36(52-41(56)27-47(5,6)30-50-45(59)60-7)24-33-19-21-34(22-20-33)37-18-11-12-23-48-37/h8-23,36,38-40,42,55H,24-30H2,1-7H3,(H,49,58)(H,50,59)(H,52,56)(H,53,57). The highest BCUT2D eigenvalue weighted by Gasteiger charge is 2.46. The highest BCUT2D eigenvalue weighted by Crippen LogP contribution is 2.34. The molecule has 2 aromatic carbocycles. The number of methoxy groups -OCH3 is 1. The third-order valence-corrected chi connectivity index (χ3v) is 10.9. The summed E-state index contributed by atoms with van der Waals surface area (Å²) in [4.78, 5) is 64.3. The molecule has 1 aliphatic rings. The Morgan fingerprint density at radius 2 is 1.60 bits per heavy atom. The lowest BCUT2D eigenvalue weighted by molar-refractivity contribution is -0.132. The number of amides is 5. The Labute approximate surface area is 354 Å². The maximum Gasteiger partial charge on any atom is 0.406 e. The second kappa shape index (κ2) is 20.4. The number of hydrogen-bond donors (Lipinski definition) is 5. The van der Waals surface area contributed by atoms with Crippen LogP contribution >= 0.6 is 0 Å². The fraction of sp³-hybridized carbons (Fsp3) is 0.447. The molecule has 60 heavy (non-hydrogen) atoms. The minimum atomic E-state index is -1.09. The molecule has 5 N–H and O–H groups in total. The van der Waals surface area contributed by atoms with Gasteiger partial charge in [-0.2, -0.15) is 0 Å². The van der Waals surface area contributed by atoms with Gasteiger partial charge in [0, 0.05) is 43.0 Å². The highest BCUT2D eigenvalue weighted by molar-refractivity contribution is 5.84. The number of aliphatic hydroxyl groups excluding tert-OH is 1. The molecule has 5 amide bonds. The second-order valence-corrected chi connectivity index (χ2v) is 17.7. The van der Waals surface area contributed by atoms with E-state index in [4.69, 9.17) is 4.74 Å². The van der Waals surface area contributed by atoms with Crippen LogP contribution in [0.4, 0.5) is 9.59 Å². The van der Waals surface area contributed by atoms with Crippen molar-refractivity contribution in [3.05, 3.63) is 120 Å². The Balaban J connectivity index is 1.40. The summed E-state index contributed by atoms with van der Waals surface area (Å²) >= 11 is 0. The third-order valence-electron chi connectivity index (χ3n) is 10.9. The minimum Gasteiger partial charge on any atom is -0.453 e. The molecule has 0 bridgehead atoms. The molecule has 5 rings (SSSR count). The van der Waals surface area contributed by atoms with E-state index in [1.165, 1.54) is 7.11 Å². The number of aryl methyl sites for hydroxylation is 1. The molecule has 4 aromatic rings. The van der Waals surface area contributed by atoms with Crippen LogP contribution in [0.5, 0.6) is 0 Å². The zero-order valence-corrected chi connectivity index (χ0v) is 35.9. The summed E-state index contributed by atoms with van der Waals surface area (Å²) < 4.78 is 4.72. The number of nitrogens with one attached hydrogen (secondary N) is 4. The Morgan fingerprint density at radius 1 is 0.900 bits per heavy atom. The van der Waals surface area contributed by atoms with Gasteiger partial charge in [0.1, 0.15) is 0 Å². The number of carbonyl (C=O) groups excluding carboxylic acids is 4. The van der Waals surface area contributed by atoms with Gasteiger partial charge in [0.25, 0.3) is 0 Å². The number of aromatic nitrogens is 2. The molecule has 3 heterocycles. The number of benzene rings is 2. The second-order valence-electron chi connectivity index (χ2n) is 17.7. The summed E-state index contributed by atoms with van der Waals surface area (Å²) in [6.07, 6.45) is 1.04. The largest absolute Gasteiger partial charge is 0.453 e. The summed E-state index contributed by atoms with van der Waals surface area (Å²) in [5, 5.41) is 24.3. The first-order valence-corrected chi connectivity index (χ1v) is 20.6. The summed E-state index contributed by atoms with van der Waals surface area (Å²) in [7, 11) is 1.29. The number of carbonyl (C=O) groups is 4. The van der Waals surface area contributed by atoms with Crippen LogP contribution in [-0.4, -0.2) is 88.3 Å². The summed E-state index contributed by atoms with van der Waals surface area (Å²) in [5.74, 6) is -1.18. The Kier molecular flexibility index (Phi) is 15.4. The van der Waals surface area contributed by atoms with Crippen molar-refractivity contribution < 1.29 is 29.0 Å². The number of nitrogens with zero attached hydrogens (tertiary/aromatic N) is 3. The fourth-order valence-electron chi connectivity index (χ4n) is 7.91. The van der Waals surface area contributed by atoms with Crippen LogP contribution in [0, 0.1) is 23.7 Å². The van der Waals surface area contributed by atoms with Crippen LogP contribution in [0.25, 0.3) is 11.3 Å². The van der Waals surface area contributed by atoms with Crippen molar-refractivity contribution >= 4 is 23.9 Å². The molecule has 320 valence electrons. The van der Waals surface area contributed by atoms with Crippen LogP contribution < -0.4 is 21.3 Å². The normalized spacial score (nSPS) is 16.2. The topological polar surface area (TPSA) is 175 Å². The molecular formula is C47H61N7O6. The average Bonchev–Trinajstić information content (AvgIpc) is 3.54. The third kappa shape index (κ3) is 13.1. The zero-order chi connectivity index (χ0) is 43.5. The first-order valence-electron chi connectivity index (χ1n) is 20.6. The average molecular weight is 820 g/mol. The molecule has 0 aliphatic carbocycles. The van der Waals surface area contributed by atoms with Crippen molar-refractivity contribution in [2.24, 2.45) is 16.7 Å². The molecule has 1 saturated heterocycles. The van der Waals surface area contributed by atoms with Crippen LogP contribution in [0.2, 0.25) is 0 Å². The van der Waals surface area contributed by atoms with E-state index in [1.54, 1.807) is 11.1 Å². The lowest BCUT2D eigenvalue weighted by Gasteiger charge is -2.39. The zero-order valence-electron chi connectivity index (χ0n) is 35.9. The van der Waals surface area contributed by atoms with Gasteiger partial charge in [-0.05, 0) is 72.4 Å². The Bertz CT molecular complexity index is 2040. The van der Waals surface area contributed by atoms with Crippen LogP contribution in [-0.2, 0) is 33.7 Å². The number of aliphatic hydroxyl groups is 1. The number of rotatable bonds is 18. The quantitative estimate of drug-likeness (QED) is 0.0815.